The highest BCUT2D eigenvalue weighted by atomic mass is 32.2. The summed E-state index contributed by atoms with van der Waals surface area (Å²) in [4.78, 5) is 1.20. The van der Waals surface area contributed by atoms with Gasteiger partial charge in [-0.25, -0.2) is 0 Å². The largest absolute Gasteiger partial charge is 0.123 e. The minimum atomic E-state index is 0.595. The summed E-state index contributed by atoms with van der Waals surface area (Å²) >= 11 is 1.85. The first-order valence-corrected chi connectivity index (χ1v) is 4.75. The molecule has 0 aromatic rings. The van der Waals surface area contributed by atoms with Crippen LogP contribution in [0.25, 0.3) is 0 Å². The Morgan fingerprint density at radius 2 is 2.00 bits per heavy atom. The van der Waals surface area contributed by atoms with Crippen molar-refractivity contribution < 1.29 is 0 Å². The summed E-state index contributed by atoms with van der Waals surface area (Å²) in [5.74, 6) is 0.640. The maximum atomic E-state index is 3.89. The molecule has 0 saturated heterocycles. The molecule has 0 heterocycles. The van der Waals surface area contributed by atoms with E-state index in [1.54, 1.807) is 0 Å². The van der Waals surface area contributed by atoms with Crippen LogP contribution in [-0.4, -0.2) is 5.25 Å². The van der Waals surface area contributed by atoms with Gasteiger partial charge in [0.2, 0.25) is 0 Å². The summed E-state index contributed by atoms with van der Waals surface area (Å²) in [7, 11) is 0. The van der Waals surface area contributed by atoms with E-state index in [0.29, 0.717) is 11.2 Å². The SMILES string of the molecule is C=C(C)SC1C=CC=CC1C. The molecule has 0 nitrogen and oxygen atoms in total. The topological polar surface area (TPSA) is 0 Å². The fourth-order valence-electron chi connectivity index (χ4n) is 1.08. The standard InChI is InChI=1S/C10H14S/c1-8(2)11-10-7-5-4-6-9(10)3/h4-7,9-10H,1H2,2-3H3. The van der Waals surface area contributed by atoms with Crippen molar-refractivity contribution in [2.45, 2.75) is 19.1 Å². The van der Waals surface area contributed by atoms with Crippen molar-refractivity contribution >= 4 is 11.8 Å². The fourth-order valence-corrected chi connectivity index (χ4v) is 2.02. The third kappa shape index (κ3) is 2.58. The zero-order valence-corrected chi connectivity index (χ0v) is 7.90. The van der Waals surface area contributed by atoms with Gasteiger partial charge in [-0.2, -0.15) is 0 Å². The van der Waals surface area contributed by atoms with E-state index in [0.717, 1.165) is 0 Å². The minimum Gasteiger partial charge on any atom is -0.123 e. The van der Waals surface area contributed by atoms with Gasteiger partial charge in [-0.05, 0) is 17.7 Å². The highest BCUT2D eigenvalue weighted by Gasteiger charge is 2.13. The normalized spacial score (nSPS) is 28.9. The van der Waals surface area contributed by atoms with E-state index in [4.69, 9.17) is 0 Å². The van der Waals surface area contributed by atoms with Crippen LogP contribution in [0.1, 0.15) is 13.8 Å². The summed E-state index contributed by atoms with van der Waals surface area (Å²) < 4.78 is 0. The van der Waals surface area contributed by atoms with Gasteiger partial charge in [0, 0.05) is 5.25 Å². The maximum absolute atomic E-state index is 3.89. The first kappa shape index (κ1) is 8.66. The number of hydrogen-bond donors (Lipinski definition) is 0. The Morgan fingerprint density at radius 1 is 1.36 bits per heavy atom. The van der Waals surface area contributed by atoms with E-state index in [9.17, 15) is 0 Å². The van der Waals surface area contributed by atoms with Gasteiger partial charge in [0.05, 0.1) is 0 Å². The van der Waals surface area contributed by atoms with Crippen LogP contribution in [0.4, 0.5) is 0 Å². The Hall–Kier alpha value is -0.430. The number of thioether (sulfide) groups is 1. The number of rotatable bonds is 2. The molecule has 1 heteroatoms. The quantitative estimate of drug-likeness (QED) is 0.606. The Bertz CT molecular complexity index is 201. The highest BCUT2D eigenvalue weighted by Crippen LogP contribution is 2.29. The van der Waals surface area contributed by atoms with Gasteiger partial charge in [-0.1, -0.05) is 37.8 Å². The van der Waals surface area contributed by atoms with Crippen LogP contribution < -0.4 is 0 Å². The molecule has 0 aliphatic heterocycles. The zero-order chi connectivity index (χ0) is 8.27. The molecule has 60 valence electrons. The Labute approximate surface area is 73.1 Å². The molecule has 0 bridgehead atoms. The molecule has 1 rings (SSSR count). The Balaban J connectivity index is 2.52. The second-order valence-electron chi connectivity index (χ2n) is 2.91. The Kier molecular flexibility index (Phi) is 3.01. The Morgan fingerprint density at radius 3 is 2.55 bits per heavy atom. The van der Waals surface area contributed by atoms with Gasteiger partial charge in [0.1, 0.15) is 0 Å². The van der Waals surface area contributed by atoms with Gasteiger partial charge in [-0.3, -0.25) is 0 Å². The van der Waals surface area contributed by atoms with Crippen molar-refractivity contribution in [2.24, 2.45) is 5.92 Å². The molecule has 2 unspecified atom stereocenters. The molecular formula is C10H14S. The van der Waals surface area contributed by atoms with Crippen molar-refractivity contribution in [3.8, 4) is 0 Å². The minimum absolute atomic E-state index is 0.595. The second-order valence-corrected chi connectivity index (χ2v) is 4.39. The van der Waals surface area contributed by atoms with Gasteiger partial charge in [-0.15, -0.1) is 11.8 Å². The van der Waals surface area contributed by atoms with Crippen LogP contribution in [0, 0.1) is 5.92 Å². The molecule has 2 atom stereocenters. The predicted molar refractivity (Wildman–Crippen MR) is 53.6 cm³/mol. The monoisotopic (exact) mass is 166 g/mol. The highest BCUT2D eigenvalue weighted by molar-refractivity contribution is 8.03. The summed E-state index contributed by atoms with van der Waals surface area (Å²) in [6.07, 6.45) is 8.70. The average molecular weight is 166 g/mol. The lowest BCUT2D eigenvalue weighted by Crippen LogP contribution is -2.10. The molecule has 0 radical (unpaired) electrons. The van der Waals surface area contributed by atoms with Crippen LogP contribution >= 0.6 is 11.8 Å². The lowest BCUT2D eigenvalue weighted by Gasteiger charge is -2.19. The van der Waals surface area contributed by atoms with E-state index >= 15 is 0 Å². The summed E-state index contributed by atoms with van der Waals surface area (Å²) in [5, 5.41) is 0.595. The molecule has 0 N–H and O–H groups in total. The van der Waals surface area contributed by atoms with Crippen LogP contribution in [0.15, 0.2) is 35.8 Å². The van der Waals surface area contributed by atoms with Crippen molar-refractivity contribution in [1.29, 1.82) is 0 Å². The molecular weight excluding hydrogens is 152 g/mol. The maximum Gasteiger partial charge on any atom is 0.0334 e. The predicted octanol–water partition coefficient (Wildman–Crippen LogP) is 3.38. The smallest absolute Gasteiger partial charge is 0.0334 e. The first-order valence-electron chi connectivity index (χ1n) is 3.87. The molecule has 0 amide bonds. The van der Waals surface area contributed by atoms with Gasteiger partial charge in [0.25, 0.3) is 0 Å². The molecule has 0 saturated carbocycles. The van der Waals surface area contributed by atoms with E-state index in [2.05, 4.69) is 44.7 Å². The van der Waals surface area contributed by atoms with Crippen molar-refractivity contribution in [3.63, 3.8) is 0 Å². The first-order chi connectivity index (χ1) is 5.20. The summed E-state index contributed by atoms with van der Waals surface area (Å²) in [5.41, 5.74) is 0. The lowest BCUT2D eigenvalue weighted by molar-refractivity contribution is 0.754. The molecule has 1 aliphatic carbocycles. The molecule has 0 aromatic carbocycles. The van der Waals surface area contributed by atoms with Gasteiger partial charge in [0.15, 0.2) is 0 Å². The molecule has 0 spiro atoms. The number of hydrogen-bond acceptors (Lipinski definition) is 1. The van der Waals surface area contributed by atoms with Crippen LogP contribution in [0.3, 0.4) is 0 Å². The second kappa shape index (κ2) is 3.82. The van der Waals surface area contributed by atoms with E-state index in [1.807, 2.05) is 11.8 Å². The number of allylic oxidation sites excluding steroid dienone is 4. The zero-order valence-electron chi connectivity index (χ0n) is 7.08. The van der Waals surface area contributed by atoms with Crippen LogP contribution in [-0.2, 0) is 0 Å². The third-order valence-corrected chi connectivity index (χ3v) is 2.94. The summed E-state index contributed by atoms with van der Waals surface area (Å²) in [6, 6.07) is 0. The van der Waals surface area contributed by atoms with Crippen LogP contribution in [0.2, 0.25) is 0 Å². The third-order valence-electron chi connectivity index (χ3n) is 1.68. The molecule has 1 aliphatic rings. The average Bonchev–Trinajstić information content (AvgIpc) is 1.93. The van der Waals surface area contributed by atoms with E-state index < -0.39 is 0 Å². The molecule has 0 fully saturated rings. The van der Waals surface area contributed by atoms with Gasteiger partial charge >= 0.3 is 0 Å². The van der Waals surface area contributed by atoms with Crippen LogP contribution in [0.5, 0.6) is 0 Å². The fraction of sp³-hybridized carbons (Fsp3) is 0.400. The molecule has 0 aromatic heterocycles. The van der Waals surface area contributed by atoms with Gasteiger partial charge < -0.3 is 0 Å². The van der Waals surface area contributed by atoms with Crippen molar-refractivity contribution in [1.82, 2.24) is 0 Å². The molecule has 11 heavy (non-hydrogen) atoms. The lowest BCUT2D eigenvalue weighted by atomic mass is 10.0. The van der Waals surface area contributed by atoms with Crippen molar-refractivity contribution in [2.75, 3.05) is 0 Å². The van der Waals surface area contributed by atoms with Crippen molar-refractivity contribution in [3.05, 3.63) is 35.8 Å². The summed E-state index contributed by atoms with van der Waals surface area (Å²) in [6.45, 7) is 8.18. The van der Waals surface area contributed by atoms with E-state index in [1.165, 1.54) is 4.91 Å². The van der Waals surface area contributed by atoms with E-state index in [-0.39, 0.29) is 0 Å².